The van der Waals surface area contributed by atoms with E-state index in [1.807, 2.05) is 30.3 Å². The Morgan fingerprint density at radius 1 is 1.33 bits per heavy atom. The summed E-state index contributed by atoms with van der Waals surface area (Å²) in [5.41, 5.74) is 0.576. The molecule has 1 aliphatic heterocycles. The third kappa shape index (κ3) is 3.30. The second kappa shape index (κ2) is 6.91. The summed E-state index contributed by atoms with van der Waals surface area (Å²) in [6.45, 7) is 0.411. The maximum Gasteiger partial charge on any atom is 0.305 e. The van der Waals surface area contributed by atoms with Crippen LogP contribution in [-0.2, 0) is 9.53 Å². The van der Waals surface area contributed by atoms with E-state index in [9.17, 15) is 9.59 Å². The number of benzene rings is 2. The second-order valence-corrected chi connectivity index (χ2v) is 6.89. The first-order valence-corrected chi connectivity index (χ1v) is 8.52. The molecular weight excluding hydrogens is 374 g/mol. The molecule has 0 spiro atoms. The van der Waals surface area contributed by atoms with Crippen molar-refractivity contribution in [3.63, 3.8) is 0 Å². The first kappa shape index (κ1) is 16.9. The number of carbonyl (C=O) groups excluding carboxylic acids is 1. The van der Waals surface area contributed by atoms with Gasteiger partial charge in [-0.3, -0.25) is 9.59 Å². The lowest BCUT2D eigenvalue weighted by molar-refractivity contribution is -0.137. The molecule has 0 aliphatic carbocycles. The molecule has 2 aromatic carbocycles. The summed E-state index contributed by atoms with van der Waals surface area (Å²) in [5, 5.41) is 11.0. The highest BCUT2D eigenvalue weighted by atomic mass is 79.9. The van der Waals surface area contributed by atoms with Crippen molar-refractivity contribution in [2.24, 2.45) is 0 Å². The van der Waals surface area contributed by atoms with E-state index in [0.29, 0.717) is 18.5 Å². The smallest absolute Gasteiger partial charge is 0.305 e. The first-order valence-electron chi connectivity index (χ1n) is 7.73. The monoisotopic (exact) mass is 391 g/mol. The molecule has 1 N–H and O–H groups in total. The maximum absolute atomic E-state index is 13.1. The van der Waals surface area contributed by atoms with Gasteiger partial charge in [-0.2, -0.15) is 0 Å². The van der Waals surface area contributed by atoms with E-state index in [1.165, 1.54) is 0 Å². The number of hydrogen-bond acceptors (Lipinski definition) is 3. The van der Waals surface area contributed by atoms with E-state index in [0.717, 1.165) is 15.2 Å². The number of ether oxygens (including phenoxy) is 1. The van der Waals surface area contributed by atoms with Crippen LogP contribution >= 0.6 is 15.9 Å². The van der Waals surface area contributed by atoms with Gasteiger partial charge < -0.3 is 14.7 Å². The predicted molar refractivity (Wildman–Crippen MR) is 94.1 cm³/mol. The Labute approximate surface area is 148 Å². The highest BCUT2D eigenvalue weighted by Gasteiger charge is 2.37. The SMILES string of the molecule is COC1CC(CC(=O)O)N(C(=O)c2cc(Br)cc3ccccc23)C1. The lowest BCUT2D eigenvalue weighted by Gasteiger charge is -2.24. The minimum atomic E-state index is -0.909. The van der Waals surface area contributed by atoms with Gasteiger partial charge in [0.2, 0.25) is 0 Å². The fourth-order valence-corrected chi connectivity index (χ4v) is 3.77. The summed E-state index contributed by atoms with van der Waals surface area (Å²) in [6, 6.07) is 11.1. The van der Waals surface area contributed by atoms with Crippen LogP contribution in [-0.4, -0.2) is 47.7 Å². The summed E-state index contributed by atoms with van der Waals surface area (Å²) in [6.07, 6.45) is 0.342. The number of carboxylic acids is 1. The van der Waals surface area contributed by atoms with Crippen molar-refractivity contribution < 1.29 is 19.4 Å². The van der Waals surface area contributed by atoms with Crippen molar-refractivity contribution in [1.29, 1.82) is 0 Å². The normalized spacial score (nSPS) is 20.5. The van der Waals surface area contributed by atoms with Crippen molar-refractivity contribution >= 4 is 38.6 Å². The average molecular weight is 392 g/mol. The Balaban J connectivity index is 1.99. The number of nitrogens with zero attached hydrogens (tertiary/aromatic N) is 1. The van der Waals surface area contributed by atoms with Crippen molar-refractivity contribution in [2.45, 2.75) is 25.0 Å². The highest BCUT2D eigenvalue weighted by Crippen LogP contribution is 2.29. The van der Waals surface area contributed by atoms with Gasteiger partial charge in [-0.1, -0.05) is 40.2 Å². The lowest BCUT2D eigenvalue weighted by atomic mass is 10.0. The van der Waals surface area contributed by atoms with Crippen LogP contribution in [0.4, 0.5) is 0 Å². The lowest BCUT2D eigenvalue weighted by Crippen LogP contribution is -2.37. The number of amides is 1. The molecule has 1 saturated heterocycles. The number of rotatable bonds is 4. The van der Waals surface area contributed by atoms with Gasteiger partial charge in [-0.15, -0.1) is 0 Å². The van der Waals surface area contributed by atoms with E-state index in [1.54, 1.807) is 18.1 Å². The van der Waals surface area contributed by atoms with Gasteiger partial charge in [0.15, 0.2) is 0 Å². The number of fused-ring (bicyclic) bond motifs is 1. The number of carbonyl (C=O) groups is 2. The Hall–Kier alpha value is -1.92. The fourth-order valence-electron chi connectivity index (χ4n) is 3.29. The molecule has 3 rings (SSSR count). The van der Waals surface area contributed by atoms with Crippen LogP contribution in [0.25, 0.3) is 10.8 Å². The minimum absolute atomic E-state index is 0.0719. The van der Waals surface area contributed by atoms with Crippen LogP contribution in [0.1, 0.15) is 23.2 Å². The quantitative estimate of drug-likeness (QED) is 0.867. The van der Waals surface area contributed by atoms with Gasteiger partial charge in [-0.05, 0) is 29.3 Å². The molecule has 1 amide bonds. The number of likely N-dealkylation sites (tertiary alicyclic amines) is 1. The molecule has 6 heteroatoms. The van der Waals surface area contributed by atoms with Crippen LogP contribution in [0.2, 0.25) is 0 Å². The van der Waals surface area contributed by atoms with Crippen LogP contribution in [0, 0.1) is 0 Å². The zero-order valence-corrected chi connectivity index (χ0v) is 14.8. The Morgan fingerprint density at radius 2 is 2.08 bits per heavy atom. The van der Waals surface area contributed by atoms with Gasteiger partial charge >= 0.3 is 5.97 Å². The first-order chi connectivity index (χ1) is 11.5. The number of hydrogen-bond donors (Lipinski definition) is 1. The molecule has 0 bridgehead atoms. The summed E-state index contributed by atoms with van der Waals surface area (Å²) in [7, 11) is 1.59. The van der Waals surface area contributed by atoms with E-state index in [-0.39, 0.29) is 24.5 Å². The molecule has 0 aromatic heterocycles. The number of methoxy groups -OCH3 is 1. The van der Waals surface area contributed by atoms with Crippen LogP contribution in [0.15, 0.2) is 40.9 Å². The summed E-state index contributed by atoms with van der Waals surface area (Å²) < 4.78 is 6.18. The molecule has 24 heavy (non-hydrogen) atoms. The maximum atomic E-state index is 13.1. The van der Waals surface area contributed by atoms with Gasteiger partial charge in [0.25, 0.3) is 5.91 Å². The highest BCUT2D eigenvalue weighted by molar-refractivity contribution is 9.10. The Kier molecular flexibility index (Phi) is 4.87. The van der Waals surface area contributed by atoms with Crippen molar-refractivity contribution in [3.8, 4) is 0 Å². The standard InChI is InChI=1S/C18H18BrNO4/c1-24-14-8-13(9-17(21)22)20(10-14)18(23)16-7-12(19)6-11-4-2-3-5-15(11)16/h2-7,13-14H,8-10H2,1H3,(H,21,22). The van der Waals surface area contributed by atoms with Crippen LogP contribution < -0.4 is 0 Å². The largest absolute Gasteiger partial charge is 0.481 e. The average Bonchev–Trinajstić information content (AvgIpc) is 2.95. The predicted octanol–water partition coefficient (Wildman–Crippen LogP) is 3.31. The molecule has 2 atom stereocenters. The Morgan fingerprint density at radius 3 is 2.79 bits per heavy atom. The van der Waals surface area contributed by atoms with E-state index in [4.69, 9.17) is 9.84 Å². The number of carboxylic acid groups (broad SMARTS) is 1. The Bertz CT molecular complexity index is 792. The summed E-state index contributed by atoms with van der Waals surface area (Å²) >= 11 is 3.45. The zero-order valence-electron chi connectivity index (χ0n) is 13.2. The second-order valence-electron chi connectivity index (χ2n) is 5.98. The van der Waals surface area contributed by atoms with Crippen LogP contribution in [0.5, 0.6) is 0 Å². The molecule has 0 radical (unpaired) electrons. The third-order valence-corrected chi connectivity index (χ3v) is 4.90. The summed E-state index contributed by atoms with van der Waals surface area (Å²) in [4.78, 5) is 25.9. The molecule has 1 heterocycles. The molecule has 2 unspecified atom stereocenters. The molecule has 0 saturated carbocycles. The fraction of sp³-hybridized carbons (Fsp3) is 0.333. The minimum Gasteiger partial charge on any atom is -0.481 e. The number of aliphatic carboxylic acids is 1. The van der Waals surface area contributed by atoms with Gasteiger partial charge in [0, 0.05) is 29.7 Å². The summed E-state index contributed by atoms with van der Waals surface area (Å²) in [5.74, 6) is -1.06. The topological polar surface area (TPSA) is 66.8 Å². The van der Waals surface area contributed by atoms with Crippen LogP contribution in [0.3, 0.4) is 0 Å². The van der Waals surface area contributed by atoms with Gasteiger partial charge in [-0.25, -0.2) is 0 Å². The molecule has 1 fully saturated rings. The van der Waals surface area contributed by atoms with E-state index >= 15 is 0 Å². The molecule has 5 nitrogen and oxygen atoms in total. The molecule has 126 valence electrons. The van der Waals surface area contributed by atoms with Gasteiger partial charge in [0.05, 0.1) is 12.5 Å². The van der Waals surface area contributed by atoms with Crippen molar-refractivity contribution in [3.05, 3.63) is 46.4 Å². The van der Waals surface area contributed by atoms with Crippen molar-refractivity contribution in [1.82, 2.24) is 4.90 Å². The number of halogens is 1. The van der Waals surface area contributed by atoms with Gasteiger partial charge in [0.1, 0.15) is 0 Å². The molecule has 2 aromatic rings. The van der Waals surface area contributed by atoms with Crippen molar-refractivity contribution in [2.75, 3.05) is 13.7 Å². The van der Waals surface area contributed by atoms with E-state index in [2.05, 4.69) is 15.9 Å². The van der Waals surface area contributed by atoms with E-state index < -0.39 is 5.97 Å². The zero-order chi connectivity index (χ0) is 17.3. The molecular formula is C18H18BrNO4. The molecule has 1 aliphatic rings. The third-order valence-electron chi connectivity index (χ3n) is 4.44.